The molecule has 1 heterocycles. The summed E-state index contributed by atoms with van der Waals surface area (Å²) < 4.78 is 27.8. The molecule has 0 amide bonds. The van der Waals surface area contributed by atoms with Gasteiger partial charge >= 0.3 is 5.97 Å². The van der Waals surface area contributed by atoms with Crippen molar-refractivity contribution in [2.75, 3.05) is 5.32 Å². The maximum Gasteiger partial charge on any atom is 0.335 e. The molecule has 0 spiro atoms. The summed E-state index contributed by atoms with van der Waals surface area (Å²) in [6, 6.07) is 1.26. The molecule has 2 rings (SSSR count). The van der Waals surface area contributed by atoms with Gasteiger partial charge in [-0.3, -0.25) is 0 Å². The molecule has 2 N–H and O–H groups in total. The highest BCUT2D eigenvalue weighted by molar-refractivity contribution is 7.11. The molecule has 2 aromatic rings. The second-order valence-corrected chi connectivity index (χ2v) is 5.90. The molecule has 4 nitrogen and oxygen atoms in total. The van der Waals surface area contributed by atoms with E-state index in [1.165, 1.54) is 11.3 Å². The summed E-state index contributed by atoms with van der Waals surface area (Å²) in [4.78, 5) is 15.9. The van der Waals surface area contributed by atoms with Crippen LogP contribution in [0.3, 0.4) is 0 Å². The first-order chi connectivity index (χ1) is 9.79. The number of aromatic nitrogens is 1. The number of benzene rings is 1. The van der Waals surface area contributed by atoms with E-state index in [2.05, 4.69) is 10.3 Å². The first-order valence-corrected chi connectivity index (χ1v) is 7.04. The van der Waals surface area contributed by atoms with Gasteiger partial charge in [-0.2, -0.15) is 0 Å². The van der Waals surface area contributed by atoms with E-state index >= 15 is 0 Å². The van der Waals surface area contributed by atoms with E-state index in [0.717, 1.165) is 27.7 Å². The molecule has 1 atom stereocenters. The maximum absolute atomic E-state index is 13.9. The number of carboxylic acid groups (broad SMARTS) is 1. The largest absolute Gasteiger partial charge is 0.478 e. The number of aromatic carboxylic acids is 1. The van der Waals surface area contributed by atoms with Gasteiger partial charge in [-0.05, 0) is 32.9 Å². The van der Waals surface area contributed by atoms with Crippen molar-refractivity contribution >= 4 is 23.0 Å². The molecule has 1 unspecified atom stereocenters. The van der Waals surface area contributed by atoms with E-state index < -0.39 is 23.2 Å². The standard InChI is InChI=1S/C14H14F2N2O2S/c1-6-13(21-8(3)17-6)7(2)18-12-10(15)4-9(14(19)20)5-11(12)16/h4-5,7,18H,1-3H3,(H,19,20). The highest BCUT2D eigenvalue weighted by Gasteiger charge is 2.19. The number of halogens is 2. The molecule has 0 radical (unpaired) electrons. The van der Waals surface area contributed by atoms with E-state index in [1.807, 2.05) is 13.8 Å². The molecule has 0 fully saturated rings. The van der Waals surface area contributed by atoms with Crippen molar-refractivity contribution in [3.8, 4) is 0 Å². The summed E-state index contributed by atoms with van der Waals surface area (Å²) >= 11 is 1.45. The van der Waals surface area contributed by atoms with Crippen LogP contribution in [-0.2, 0) is 0 Å². The lowest BCUT2D eigenvalue weighted by molar-refractivity contribution is 0.0696. The van der Waals surface area contributed by atoms with Crippen molar-refractivity contribution < 1.29 is 18.7 Å². The number of nitrogens with one attached hydrogen (secondary N) is 1. The van der Waals surface area contributed by atoms with Gasteiger partial charge < -0.3 is 10.4 Å². The van der Waals surface area contributed by atoms with Crippen molar-refractivity contribution in [3.05, 3.63) is 44.9 Å². The fourth-order valence-electron chi connectivity index (χ4n) is 2.07. The average molecular weight is 312 g/mol. The van der Waals surface area contributed by atoms with Crippen molar-refractivity contribution in [1.82, 2.24) is 4.98 Å². The molecule has 0 aliphatic heterocycles. The van der Waals surface area contributed by atoms with Gasteiger partial charge in [0.15, 0.2) is 0 Å². The number of rotatable bonds is 4. The molecule has 112 valence electrons. The Morgan fingerprint density at radius 1 is 1.33 bits per heavy atom. The molecular weight excluding hydrogens is 298 g/mol. The molecule has 21 heavy (non-hydrogen) atoms. The van der Waals surface area contributed by atoms with Crippen molar-refractivity contribution in [2.45, 2.75) is 26.8 Å². The summed E-state index contributed by atoms with van der Waals surface area (Å²) in [5.41, 5.74) is 0.0476. The minimum atomic E-state index is -1.37. The first kappa shape index (κ1) is 15.4. The molecule has 0 aliphatic rings. The number of nitrogens with zero attached hydrogens (tertiary/aromatic N) is 1. The Morgan fingerprint density at radius 2 is 1.90 bits per heavy atom. The van der Waals surface area contributed by atoms with Crippen LogP contribution < -0.4 is 5.32 Å². The van der Waals surface area contributed by atoms with Gasteiger partial charge in [-0.1, -0.05) is 0 Å². The predicted molar refractivity (Wildman–Crippen MR) is 76.9 cm³/mol. The number of carbonyl (C=O) groups is 1. The van der Waals surface area contributed by atoms with Gasteiger partial charge in [0.05, 0.1) is 22.3 Å². The van der Waals surface area contributed by atoms with Crippen LogP contribution in [0.25, 0.3) is 0 Å². The zero-order chi connectivity index (χ0) is 15.7. The van der Waals surface area contributed by atoms with Crippen LogP contribution in [0.2, 0.25) is 0 Å². The van der Waals surface area contributed by atoms with E-state index in [-0.39, 0.29) is 11.7 Å². The second-order valence-electron chi connectivity index (χ2n) is 4.67. The molecular formula is C14H14F2N2O2S. The number of carboxylic acids is 1. The molecule has 7 heteroatoms. The van der Waals surface area contributed by atoms with Gasteiger partial charge in [0.1, 0.15) is 17.3 Å². The topological polar surface area (TPSA) is 62.2 Å². The Bertz CT molecular complexity index is 677. The van der Waals surface area contributed by atoms with E-state index in [9.17, 15) is 13.6 Å². The normalized spacial score (nSPS) is 12.2. The summed E-state index contributed by atoms with van der Waals surface area (Å²) in [7, 11) is 0. The molecule has 1 aromatic carbocycles. The Labute approximate surface area is 124 Å². The Kier molecular flexibility index (Phi) is 4.22. The fourth-order valence-corrected chi connectivity index (χ4v) is 3.00. The van der Waals surface area contributed by atoms with E-state index in [0.29, 0.717) is 0 Å². The molecule has 0 aliphatic carbocycles. The molecule has 0 bridgehead atoms. The van der Waals surface area contributed by atoms with Gasteiger partial charge in [-0.25, -0.2) is 18.6 Å². The number of hydrogen-bond acceptors (Lipinski definition) is 4. The zero-order valence-corrected chi connectivity index (χ0v) is 12.5. The number of anilines is 1. The zero-order valence-electron chi connectivity index (χ0n) is 11.7. The van der Waals surface area contributed by atoms with Crippen LogP contribution >= 0.6 is 11.3 Å². The monoisotopic (exact) mass is 312 g/mol. The van der Waals surface area contributed by atoms with Crippen LogP contribution in [0.5, 0.6) is 0 Å². The van der Waals surface area contributed by atoms with Crippen LogP contribution in [0, 0.1) is 25.5 Å². The van der Waals surface area contributed by atoms with Gasteiger partial charge in [0, 0.05) is 4.88 Å². The van der Waals surface area contributed by atoms with Crippen LogP contribution in [0.15, 0.2) is 12.1 Å². The Hall–Kier alpha value is -2.02. The highest BCUT2D eigenvalue weighted by atomic mass is 32.1. The van der Waals surface area contributed by atoms with Gasteiger partial charge in [0.2, 0.25) is 0 Å². The number of thiazole rings is 1. The molecule has 0 saturated heterocycles. The fraction of sp³-hybridized carbons (Fsp3) is 0.286. The quantitative estimate of drug-likeness (QED) is 0.898. The number of aryl methyl sites for hydroxylation is 2. The molecule has 0 saturated carbocycles. The second kappa shape index (κ2) is 5.77. The van der Waals surface area contributed by atoms with E-state index in [4.69, 9.17) is 5.11 Å². The van der Waals surface area contributed by atoms with Crippen molar-refractivity contribution in [2.24, 2.45) is 0 Å². The maximum atomic E-state index is 13.9. The average Bonchev–Trinajstić information content (AvgIpc) is 2.72. The Morgan fingerprint density at radius 3 is 2.33 bits per heavy atom. The predicted octanol–water partition coefficient (Wildman–Crippen LogP) is 3.91. The first-order valence-electron chi connectivity index (χ1n) is 6.22. The van der Waals surface area contributed by atoms with Crippen molar-refractivity contribution in [1.29, 1.82) is 0 Å². The van der Waals surface area contributed by atoms with Crippen molar-refractivity contribution in [3.63, 3.8) is 0 Å². The minimum Gasteiger partial charge on any atom is -0.478 e. The summed E-state index contributed by atoms with van der Waals surface area (Å²) in [5.74, 6) is -3.24. The lowest BCUT2D eigenvalue weighted by Crippen LogP contribution is -2.11. The third-order valence-corrected chi connectivity index (χ3v) is 4.24. The smallest absolute Gasteiger partial charge is 0.335 e. The summed E-state index contributed by atoms with van der Waals surface area (Å²) in [5, 5.41) is 12.4. The van der Waals surface area contributed by atoms with E-state index in [1.54, 1.807) is 6.92 Å². The third-order valence-electron chi connectivity index (χ3n) is 2.98. The lowest BCUT2D eigenvalue weighted by atomic mass is 10.1. The number of hydrogen-bond donors (Lipinski definition) is 2. The summed E-state index contributed by atoms with van der Waals surface area (Å²) in [6.07, 6.45) is 0. The summed E-state index contributed by atoms with van der Waals surface area (Å²) in [6.45, 7) is 5.46. The Balaban J connectivity index is 2.31. The highest BCUT2D eigenvalue weighted by Crippen LogP contribution is 2.30. The molecule has 1 aromatic heterocycles. The van der Waals surface area contributed by atoms with Gasteiger partial charge in [-0.15, -0.1) is 11.3 Å². The van der Waals surface area contributed by atoms with Crippen LogP contribution in [0.4, 0.5) is 14.5 Å². The third kappa shape index (κ3) is 3.18. The van der Waals surface area contributed by atoms with Crippen LogP contribution in [0.1, 0.15) is 38.9 Å². The lowest BCUT2D eigenvalue weighted by Gasteiger charge is -2.16. The SMILES string of the molecule is Cc1nc(C)c(C(C)Nc2c(F)cc(C(=O)O)cc2F)s1. The van der Waals surface area contributed by atoms with Crippen LogP contribution in [-0.4, -0.2) is 16.1 Å². The van der Waals surface area contributed by atoms with Gasteiger partial charge in [0.25, 0.3) is 0 Å². The minimum absolute atomic E-state index is 0.335.